The third-order valence-electron chi connectivity index (χ3n) is 8.20. The van der Waals surface area contributed by atoms with Crippen LogP contribution in [0.15, 0.2) is 104 Å². The average molecular weight is 532 g/mol. The summed E-state index contributed by atoms with van der Waals surface area (Å²) in [5.41, 5.74) is 2.61. The molecule has 1 saturated heterocycles. The highest BCUT2D eigenvalue weighted by molar-refractivity contribution is 6.30. The summed E-state index contributed by atoms with van der Waals surface area (Å²) < 4.78 is 0. The molecule has 1 N–H and O–H groups in total. The predicted octanol–water partition coefficient (Wildman–Crippen LogP) is 5.72. The molecule has 1 fully saturated rings. The fraction of sp³-hybridized carbons (Fsp3) is 0.125. The van der Waals surface area contributed by atoms with E-state index in [-0.39, 0.29) is 17.5 Å². The zero-order valence-electron chi connectivity index (χ0n) is 20.6. The van der Waals surface area contributed by atoms with E-state index < -0.39 is 23.4 Å². The second-order valence-corrected chi connectivity index (χ2v) is 10.5. The van der Waals surface area contributed by atoms with Crippen molar-refractivity contribution in [1.29, 1.82) is 0 Å². The van der Waals surface area contributed by atoms with Gasteiger partial charge in [0.05, 0.1) is 12.0 Å². The fourth-order valence-electron chi connectivity index (χ4n) is 6.64. The number of carbonyl (C=O) groups excluding carboxylic acids is 3. The Morgan fingerprint density at radius 2 is 1.64 bits per heavy atom. The standard InChI is InChI=1S/C32H22ClN3O3/c33-22-13-11-20(12-14-22)29(38)27-26(28(37)21-7-5-16-34-18-21)32(24-9-3-4-10-25(24)35-31(32)39)30-23-8-2-1-6-19(23)15-17-36(27)30/h1-18,26-27,30H,(H,35,39)/t26-,27-,30+,32+/m0/s1. The number of hydrogen-bond donors (Lipinski definition) is 1. The number of fused-ring (bicyclic) bond motifs is 6. The number of para-hydroxylation sites is 1. The number of ketones is 2. The molecule has 1 aromatic heterocycles. The van der Waals surface area contributed by atoms with Gasteiger partial charge in [-0.2, -0.15) is 0 Å². The van der Waals surface area contributed by atoms with E-state index in [2.05, 4.69) is 10.3 Å². The summed E-state index contributed by atoms with van der Waals surface area (Å²) in [6, 6.07) is 23.8. The van der Waals surface area contributed by atoms with Gasteiger partial charge in [-0.05, 0) is 65.2 Å². The zero-order chi connectivity index (χ0) is 26.7. The highest BCUT2D eigenvalue weighted by Gasteiger charge is 2.70. The molecule has 3 aliphatic rings. The number of carbonyl (C=O) groups is 3. The molecule has 0 radical (unpaired) electrons. The van der Waals surface area contributed by atoms with Gasteiger partial charge in [-0.3, -0.25) is 19.4 Å². The number of anilines is 1. The van der Waals surface area contributed by atoms with E-state index >= 15 is 0 Å². The maximum Gasteiger partial charge on any atom is 0.238 e. The van der Waals surface area contributed by atoms with Crippen LogP contribution in [0.1, 0.15) is 43.4 Å². The Kier molecular flexibility index (Phi) is 5.28. The molecule has 3 aromatic carbocycles. The molecule has 6 nitrogen and oxygen atoms in total. The first-order valence-electron chi connectivity index (χ1n) is 12.7. The molecule has 1 amide bonds. The maximum atomic E-state index is 14.6. The lowest BCUT2D eigenvalue weighted by atomic mass is 9.62. The van der Waals surface area contributed by atoms with Crippen LogP contribution < -0.4 is 5.32 Å². The second kappa shape index (κ2) is 8.75. The van der Waals surface area contributed by atoms with Gasteiger partial charge in [0.25, 0.3) is 0 Å². The molecule has 0 aliphatic carbocycles. The van der Waals surface area contributed by atoms with Crippen molar-refractivity contribution in [2.75, 3.05) is 5.32 Å². The first-order valence-corrected chi connectivity index (χ1v) is 13.1. The number of pyridine rings is 1. The summed E-state index contributed by atoms with van der Waals surface area (Å²) in [5.74, 6) is -1.88. The lowest BCUT2D eigenvalue weighted by molar-refractivity contribution is -0.122. The quantitative estimate of drug-likeness (QED) is 0.341. The van der Waals surface area contributed by atoms with Crippen LogP contribution in [0.5, 0.6) is 0 Å². The minimum absolute atomic E-state index is 0.253. The molecule has 3 aliphatic heterocycles. The van der Waals surface area contributed by atoms with Gasteiger partial charge in [0.15, 0.2) is 11.6 Å². The Hall–Kier alpha value is -4.55. The molecule has 4 heterocycles. The third kappa shape index (κ3) is 3.28. The number of Topliss-reactive ketones (excluding diaryl/α,β-unsaturated/α-hetero) is 2. The van der Waals surface area contributed by atoms with Gasteiger partial charge in [-0.1, -0.05) is 54.1 Å². The van der Waals surface area contributed by atoms with Crippen molar-refractivity contribution in [1.82, 2.24) is 9.88 Å². The highest BCUT2D eigenvalue weighted by atomic mass is 35.5. The van der Waals surface area contributed by atoms with E-state index in [4.69, 9.17) is 11.6 Å². The lowest BCUT2D eigenvalue weighted by Gasteiger charge is -2.38. The zero-order valence-corrected chi connectivity index (χ0v) is 21.4. The molecule has 39 heavy (non-hydrogen) atoms. The Bertz CT molecular complexity index is 1680. The molecule has 0 bridgehead atoms. The molecule has 4 atom stereocenters. The first-order chi connectivity index (χ1) is 19.0. The van der Waals surface area contributed by atoms with E-state index in [1.165, 1.54) is 6.20 Å². The van der Waals surface area contributed by atoms with Gasteiger partial charge in [-0.15, -0.1) is 0 Å². The van der Waals surface area contributed by atoms with E-state index in [1.807, 2.05) is 65.7 Å². The summed E-state index contributed by atoms with van der Waals surface area (Å²) in [5, 5.41) is 3.56. The number of halogens is 1. The highest BCUT2D eigenvalue weighted by Crippen LogP contribution is 2.62. The Morgan fingerprint density at radius 1 is 0.872 bits per heavy atom. The normalized spacial score (nSPS) is 24.2. The van der Waals surface area contributed by atoms with Gasteiger partial charge in [0.1, 0.15) is 11.5 Å². The van der Waals surface area contributed by atoms with Crippen molar-refractivity contribution in [2.24, 2.45) is 5.92 Å². The van der Waals surface area contributed by atoms with Crippen molar-refractivity contribution >= 4 is 40.8 Å². The van der Waals surface area contributed by atoms with Crippen LogP contribution in [0.3, 0.4) is 0 Å². The molecule has 7 rings (SSSR count). The van der Waals surface area contributed by atoms with E-state index in [0.29, 0.717) is 27.4 Å². The van der Waals surface area contributed by atoms with Crippen molar-refractivity contribution in [2.45, 2.75) is 17.5 Å². The maximum absolute atomic E-state index is 14.6. The van der Waals surface area contributed by atoms with Crippen molar-refractivity contribution < 1.29 is 14.4 Å². The van der Waals surface area contributed by atoms with E-state index in [1.54, 1.807) is 42.6 Å². The topological polar surface area (TPSA) is 79.4 Å². The van der Waals surface area contributed by atoms with Gasteiger partial charge in [-0.25, -0.2) is 0 Å². The van der Waals surface area contributed by atoms with E-state index in [9.17, 15) is 14.4 Å². The smallest absolute Gasteiger partial charge is 0.238 e. The number of nitrogens with zero attached hydrogens (tertiary/aromatic N) is 2. The van der Waals surface area contributed by atoms with Crippen LogP contribution >= 0.6 is 11.6 Å². The Balaban J connectivity index is 1.54. The van der Waals surface area contributed by atoms with Crippen molar-refractivity contribution in [3.05, 3.63) is 136 Å². The SMILES string of the molecule is O=C(c1ccc(Cl)cc1)[C@@H]1[C@@H](C(=O)c2cccnc2)[C@@]2(C(=O)Nc3ccccc32)[C@H]2c3ccccc3C=CN12. The van der Waals surface area contributed by atoms with Gasteiger partial charge < -0.3 is 10.2 Å². The van der Waals surface area contributed by atoms with Crippen LogP contribution in [0.2, 0.25) is 5.02 Å². The van der Waals surface area contributed by atoms with Gasteiger partial charge in [0, 0.05) is 40.4 Å². The fourth-order valence-corrected chi connectivity index (χ4v) is 6.77. The molecule has 0 unspecified atom stereocenters. The number of hydrogen-bond acceptors (Lipinski definition) is 5. The minimum Gasteiger partial charge on any atom is -0.358 e. The first kappa shape index (κ1) is 23.6. The van der Waals surface area contributed by atoms with Crippen molar-refractivity contribution in [3.63, 3.8) is 0 Å². The van der Waals surface area contributed by atoms with Crippen LogP contribution in [0, 0.1) is 5.92 Å². The number of aromatic nitrogens is 1. The number of amides is 1. The van der Waals surface area contributed by atoms with Gasteiger partial charge in [0.2, 0.25) is 5.91 Å². The van der Waals surface area contributed by atoms with Crippen LogP contribution in [0.4, 0.5) is 5.69 Å². The predicted molar refractivity (Wildman–Crippen MR) is 148 cm³/mol. The van der Waals surface area contributed by atoms with Crippen LogP contribution in [0.25, 0.3) is 6.08 Å². The molecular weight excluding hydrogens is 510 g/mol. The third-order valence-corrected chi connectivity index (χ3v) is 8.45. The summed E-state index contributed by atoms with van der Waals surface area (Å²) >= 11 is 6.13. The minimum atomic E-state index is -1.36. The molecule has 7 heteroatoms. The average Bonchev–Trinajstić information content (AvgIpc) is 3.45. The molecular formula is C32H22ClN3O3. The summed E-state index contributed by atoms with van der Waals surface area (Å²) in [6.45, 7) is 0. The van der Waals surface area contributed by atoms with Gasteiger partial charge >= 0.3 is 0 Å². The molecule has 190 valence electrons. The monoisotopic (exact) mass is 531 g/mol. The second-order valence-electron chi connectivity index (χ2n) is 10.1. The van der Waals surface area contributed by atoms with Crippen molar-refractivity contribution in [3.8, 4) is 0 Å². The van der Waals surface area contributed by atoms with Crippen LogP contribution in [-0.2, 0) is 10.2 Å². The summed E-state index contributed by atoms with van der Waals surface area (Å²) in [6.07, 6.45) is 6.90. The number of benzene rings is 3. The number of rotatable bonds is 4. The largest absolute Gasteiger partial charge is 0.358 e. The van der Waals surface area contributed by atoms with E-state index in [0.717, 1.165) is 11.1 Å². The Morgan fingerprint density at radius 3 is 2.44 bits per heavy atom. The Labute approximate surface area is 229 Å². The molecule has 4 aromatic rings. The molecule has 1 spiro atoms. The summed E-state index contributed by atoms with van der Waals surface area (Å²) in [7, 11) is 0. The van der Waals surface area contributed by atoms with Crippen LogP contribution in [-0.4, -0.2) is 33.4 Å². The lowest BCUT2D eigenvalue weighted by Crippen LogP contribution is -2.49. The molecule has 0 saturated carbocycles. The summed E-state index contributed by atoms with van der Waals surface area (Å²) in [4.78, 5) is 49.4. The number of nitrogens with one attached hydrogen (secondary N) is 1.